The maximum atomic E-state index is 12.3. The van der Waals surface area contributed by atoms with Gasteiger partial charge in [0, 0.05) is 25.2 Å². The van der Waals surface area contributed by atoms with Crippen molar-refractivity contribution in [2.75, 3.05) is 19.3 Å². The summed E-state index contributed by atoms with van der Waals surface area (Å²) in [6.07, 6.45) is 3.54. The molecule has 1 fully saturated rings. The Kier molecular flexibility index (Phi) is 4.09. The monoisotopic (exact) mass is 280 g/mol. The summed E-state index contributed by atoms with van der Waals surface area (Å²) in [5, 5.41) is 9.64. The SMILES string of the molecule is CSc1ncccc1C(=O)N1CC(C(C)C(=O)O)C1. The molecule has 2 rings (SSSR count). The van der Waals surface area contributed by atoms with Crippen LogP contribution in [0.5, 0.6) is 0 Å². The molecular weight excluding hydrogens is 264 g/mol. The minimum Gasteiger partial charge on any atom is -0.481 e. The predicted octanol–water partition coefficient (Wildman–Crippen LogP) is 1.60. The normalized spacial score (nSPS) is 16.8. The quantitative estimate of drug-likeness (QED) is 0.848. The first-order valence-electron chi connectivity index (χ1n) is 6.05. The minimum absolute atomic E-state index is 0.0517. The second-order valence-electron chi connectivity index (χ2n) is 4.66. The van der Waals surface area contributed by atoms with Crippen molar-refractivity contribution in [1.82, 2.24) is 9.88 Å². The van der Waals surface area contributed by atoms with Gasteiger partial charge in [0.1, 0.15) is 5.03 Å². The number of thioether (sulfide) groups is 1. The molecule has 0 spiro atoms. The molecular formula is C13H16N2O3S. The molecule has 0 bridgehead atoms. The number of aromatic nitrogens is 1. The molecule has 1 aliphatic rings. The van der Waals surface area contributed by atoms with Crippen LogP contribution in [0.2, 0.25) is 0 Å². The van der Waals surface area contributed by atoms with Crippen LogP contribution in [0.3, 0.4) is 0 Å². The Morgan fingerprint density at radius 2 is 2.21 bits per heavy atom. The fraction of sp³-hybridized carbons (Fsp3) is 0.462. The molecule has 1 N–H and O–H groups in total. The van der Waals surface area contributed by atoms with E-state index in [1.54, 1.807) is 30.2 Å². The third kappa shape index (κ3) is 2.73. The first-order chi connectivity index (χ1) is 9.04. The molecule has 0 saturated carbocycles. The van der Waals surface area contributed by atoms with Gasteiger partial charge < -0.3 is 10.0 Å². The molecule has 0 aliphatic carbocycles. The lowest BCUT2D eigenvalue weighted by atomic mass is 9.87. The van der Waals surface area contributed by atoms with Gasteiger partial charge >= 0.3 is 5.97 Å². The molecule has 0 radical (unpaired) electrons. The van der Waals surface area contributed by atoms with Crippen LogP contribution in [-0.4, -0.2) is 46.2 Å². The Hall–Kier alpha value is -1.56. The number of amides is 1. The predicted molar refractivity (Wildman–Crippen MR) is 72.2 cm³/mol. The van der Waals surface area contributed by atoms with Crippen molar-refractivity contribution >= 4 is 23.6 Å². The summed E-state index contributed by atoms with van der Waals surface area (Å²) in [4.78, 5) is 29.0. The third-order valence-corrected chi connectivity index (χ3v) is 4.20. The Bertz CT molecular complexity index is 500. The highest BCUT2D eigenvalue weighted by Gasteiger charge is 2.37. The fourth-order valence-corrected chi connectivity index (χ4v) is 2.62. The zero-order chi connectivity index (χ0) is 14.0. The van der Waals surface area contributed by atoms with Gasteiger partial charge in [-0.3, -0.25) is 9.59 Å². The van der Waals surface area contributed by atoms with E-state index in [0.29, 0.717) is 23.7 Å². The van der Waals surface area contributed by atoms with Crippen molar-refractivity contribution in [2.45, 2.75) is 11.9 Å². The number of rotatable bonds is 4. The largest absolute Gasteiger partial charge is 0.481 e. The van der Waals surface area contributed by atoms with Gasteiger partial charge in [-0.05, 0) is 18.4 Å². The average Bonchev–Trinajstić information content (AvgIpc) is 2.36. The zero-order valence-corrected chi connectivity index (χ0v) is 11.7. The van der Waals surface area contributed by atoms with Crippen LogP contribution in [0, 0.1) is 11.8 Å². The third-order valence-electron chi connectivity index (χ3n) is 3.49. The van der Waals surface area contributed by atoms with E-state index < -0.39 is 11.9 Å². The second kappa shape index (κ2) is 5.61. The topological polar surface area (TPSA) is 70.5 Å². The lowest BCUT2D eigenvalue weighted by molar-refractivity contribution is -0.144. The molecule has 6 heteroatoms. The highest BCUT2D eigenvalue weighted by Crippen LogP contribution is 2.27. The van der Waals surface area contributed by atoms with E-state index in [9.17, 15) is 9.59 Å². The maximum Gasteiger partial charge on any atom is 0.306 e. The summed E-state index contributed by atoms with van der Waals surface area (Å²) in [7, 11) is 0. The molecule has 1 aromatic heterocycles. The molecule has 2 heterocycles. The summed E-state index contributed by atoms with van der Waals surface area (Å²) in [6, 6.07) is 3.50. The number of carbonyl (C=O) groups is 2. The van der Waals surface area contributed by atoms with Crippen LogP contribution in [0.15, 0.2) is 23.4 Å². The summed E-state index contributed by atoms with van der Waals surface area (Å²) in [5.74, 6) is -1.22. The number of hydrogen-bond donors (Lipinski definition) is 1. The van der Waals surface area contributed by atoms with Crippen LogP contribution in [0.1, 0.15) is 17.3 Å². The number of carbonyl (C=O) groups excluding carboxylic acids is 1. The fourth-order valence-electron chi connectivity index (χ4n) is 2.08. The number of aliphatic carboxylic acids is 1. The van der Waals surface area contributed by atoms with Gasteiger partial charge in [-0.15, -0.1) is 11.8 Å². The zero-order valence-electron chi connectivity index (χ0n) is 10.9. The van der Waals surface area contributed by atoms with Crippen molar-refractivity contribution in [3.63, 3.8) is 0 Å². The van der Waals surface area contributed by atoms with E-state index in [2.05, 4.69) is 4.98 Å². The number of hydrogen-bond acceptors (Lipinski definition) is 4. The maximum absolute atomic E-state index is 12.3. The first kappa shape index (κ1) is 13.9. The summed E-state index contributed by atoms with van der Waals surface area (Å²) in [6.45, 7) is 2.70. The number of carboxylic acid groups (broad SMARTS) is 1. The van der Waals surface area contributed by atoms with E-state index in [1.165, 1.54) is 11.8 Å². The van der Waals surface area contributed by atoms with Crippen molar-refractivity contribution in [2.24, 2.45) is 11.8 Å². The van der Waals surface area contributed by atoms with Gasteiger partial charge in [-0.1, -0.05) is 6.92 Å². The van der Waals surface area contributed by atoms with Gasteiger partial charge in [-0.2, -0.15) is 0 Å². The van der Waals surface area contributed by atoms with Crippen molar-refractivity contribution in [1.29, 1.82) is 0 Å². The summed E-state index contributed by atoms with van der Waals surface area (Å²) >= 11 is 1.44. The lowest BCUT2D eigenvalue weighted by Gasteiger charge is -2.41. The van der Waals surface area contributed by atoms with E-state index in [-0.39, 0.29) is 11.8 Å². The molecule has 1 atom stereocenters. The molecule has 102 valence electrons. The molecule has 0 aromatic carbocycles. The number of likely N-dealkylation sites (tertiary alicyclic amines) is 1. The first-order valence-corrected chi connectivity index (χ1v) is 7.28. The Labute approximate surface area is 116 Å². The van der Waals surface area contributed by atoms with Gasteiger partial charge in [-0.25, -0.2) is 4.98 Å². The van der Waals surface area contributed by atoms with Crippen molar-refractivity contribution in [3.05, 3.63) is 23.9 Å². The molecule has 1 unspecified atom stereocenters. The van der Waals surface area contributed by atoms with Crippen LogP contribution in [-0.2, 0) is 4.79 Å². The standard InChI is InChI=1S/C13H16N2O3S/c1-8(13(17)18)9-6-15(7-9)12(16)10-4-3-5-14-11(10)19-2/h3-5,8-9H,6-7H2,1-2H3,(H,17,18). The molecule has 1 saturated heterocycles. The Balaban J connectivity index is 2.02. The van der Waals surface area contributed by atoms with Gasteiger partial charge in [0.05, 0.1) is 11.5 Å². The Morgan fingerprint density at radius 1 is 1.53 bits per heavy atom. The molecule has 1 aromatic rings. The summed E-state index contributed by atoms with van der Waals surface area (Å²) in [5.41, 5.74) is 0.594. The van der Waals surface area contributed by atoms with Crippen molar-refractivity contribution < 1.29 is 14.7 Å². The lowest BCUT2D eigenvalue weighted by Crippen LogP contribution is -2.53. The smallest absolute Gasteiger partial charge is 0.306 e. The van der Waals surface area contributed by atoms with E-state index in [0.717, 1.165) is 0 Å². The van der Waals surface area contributed by atoms with Gasteiger partial charge in [0.2, 0.25) is 0 Å². The molecule has 5 nitrogen and oxygen atoms in total. The summed E-state index contributed by atoms with van der Waals surface area (Å²) < 4.78 is 0. The van der Waals surface area contributed by atoms with Crippen molar-refractivity contribution in [3.8, 4) is 0 Å². The average molecular weight is 280 g/mol. The highest BCUT2D eigenvalue weighted by atomic mass is 32.2. The van der Waals surface area contributed by atoms with Crippen LogP contribution < -0.4 is 0 Å². The van der Waals surface area contributed by atoms with Gasteiger partial charge in [0.25, 0.3) is 5.91 Å². The molecule has 19 heavy (non-hydrogen) atoms. The Morgan fingerprint density at radius 3 is 2.79 bits per heavy atom. The van der Waals surface area contributed by atoms with Crippen LogP contribution in [0.25, 0.3) is 0 Å². The number of carboxylic acids is 1. The molecule has 1 aliphatic heterocycles. The number of nitrogens with zero attached hydrogens (tertiary/aromatic N) is 2. The van der Waals surface area contributed by atoms with Crippen LogP contribution in [0.4, 0.5) is 0 Å². The van der Waals surface area contributed by atoms with Gasteiger partial charge in [0.15, 0.2) is 0 Å². The minimum atomic E-state index is -0.803. The van der Waals surface area contributed by atoms with E-state index in [1.807, 2.05) is 6.26 Å². The highest BCUT2D eigenvalue weighted by molar-refractivity contribution is 7.98. The van der Waals surface area contributed by atoms with E-state index >= 15 is 0 Å². The molecule has 1 amide bonds. The van der Waals surface area contributed by atoms with Crippen LogP contribution >= 0.6 is 11.8 Å². The number of pyridine rings is 1. The van der Waals surface area contributed by atoms with E-state index in [4.69, 9.17) is 5.11 Å². The second-order valence-corrected chi connectivity index (χ2v) is 5.45.